The van der Waals surface area contributed by atoms with Gasteiger partial charge in [-0.2, -0.15) is 0 Å². The first kappa shape index (κ1) is 26.8. The molecule has 0 aliphatic carbocycles. The van der Waals surface area contributed by atoms with E-state index in [9.17, 15) is 14.7 Å². The molecule has 0 amide bonds. The van der Waals surface area contributed by atoms with E-state index in [4.69, 9.17) is 23.7 Å². The van der Waals surface area contributed by atoms with Crippen LogP contribution in [0.2, 0.25) is 0 Å². The number of aliphatic hydroxyl groups excluding tert-OH is 1. The molecule has 5 atom stereocenters. The Kier molecular flexibility index (Phi) is 9.40. The van der Waals surface area contributed by atoms with Gasteiger partial charge in [0.25, 0.3) is 0 Å². The summed E-state index contributed by atoms with van der Waals surface area (Å²) in [6.45, 7) is 6.67. The lowest BCUT2D eigenvalue weighted by Crippen LogP contribution is -2.61. The van der Waals surface area contributed by atoms with E-state index in [1.165, 1.54) is 6.92 Å². The average Bonchev–Trinajstić information content (AvgIpc) is 2.82. The van der Waals surface area contributed by atoms with Gasteiger partial charge in [0.2, 0.25) is 0 Å². The summed E-state index contributed by atoms with van der Waals surface area (Å²) in [5.41, 5.74) is 1.06. The van der Waals surface area contributed by atoms with Crippen molar-refractivity contribution in [3.63, 3.8) is 0 Å². The number of carbonyl (C=O) groups is 2. The lowest BCUT2D eigenvalue weighted by Gasteiger charge is -2.43. The van der Waals surface area contributed by atoms with Gasteiger partial charge in [-0.3, -0.25) is 9.59 Å². The number of esters is 2. The molecule has 3 rings (SSSR count). The maximum absolute atomic E-state index is 12.4. The molecule has 1 saturated heterocycles. The number of ether oxygens (including phenoxy) is 5. The highest BCUT2D eigenvalue weighted by atomic mass is 16.7. The van der Waals surface area contributed by atoms with E-state index in [0.29, 0.717) is 0 Å². The minimum atomic E-state index is -1.43. The van der Waals surface area contributed by atoms with Crippen LogP contribution in [0.4, 0.5) is 0 Å². The fourth-order valence-electron chi connectivity index (χ4n) is 3.64. The third kappa shape index (κ3) is 7.86. The standard InChI is InChI=1S/C27H34O8/c1-18(28)34-23-22(31-15-19-11-7-5-8-12-19)21(17-33-26(30)27(2,3)4)35-25(29)24(23)32-16-20-13-9-6-10-14-20/h5-14,21-25,29H,15-17H2,1-4H3/t21-,22+,23+,24-,25-/m1/s1. The van der Waals surface area contributed by atoms with Gasteiger partial charge in [0.05, 0.1) is 18.6 Å². The molecule has 1 N–H and O–H groups in total. The Balaban J connectivity index is 1.82. The van der Waals surface area contributed by atoms with Gasteiger partial charge in [-0.1, -0.05) is 60.7 Å². The lowest BCUT2D eigenvalue weighted by atomic mass is 9.96. The Morgan fingerprint density at radius 3 is 1.86 bits per heavy atom. The summed E-state index contributed by atoms with van der Waals surface area (Å²) in [4.78, 5) is 24.4. The molecule has 8 nitrogen and oxygen atoms in total. The van der Waals surface area contributed by atoms with Crippen LogP contribution in [-0.4, -0.2) is 54.4 Å². The van der Waals surface area contributed by atoms with E-state index in [-0.39, 0.29) is 19.8 Å². The van der Waals surface area contributed by atoms with Crippen LogP contribution in [0, 0.1) is 5.41 Å². The van der Waals surface area contributed by atoms with Crippen molar-refractivity contribution in [2.45, 2.75) is 71.6 Å². The maximum Gasteiger partial charge on any atom is 0.311 e. The van der Waals surface area contributed by atoms with Crippen molar-refractivity contribution in [1.29, 1.82) is 0 Å². The van der Waals surface area contributed by atoms with Crippen LogP contribution in [0.3, 0.4) is 0 Å². The number of hydrogen-bond acceptors (Lipinski definition) is 8. The highest BCUT2D eigenvalue weighted by molar-refractivity contribution is 5.75. The van der Waals surface area contributed by atoms with Crippen LogP contribution in [0.25, 0.3) is 0 Å². The highest BCUT2D eigenvalue weighted by Gasteiger charge is 2.49. The zero-order valence-corrected chi connectivity index (χ0v) is 20.6. The molecule has 1 heterocycles. The number of benzene rings is 2. The van der Waals surface area contributed by atoms with E-state index >= 15 is 0 Å². The van der Waals surface area contributed by atoms with Crippen LogP contribution in [0.1, 0.15) is 38.8 Å². The third-order valence-corrected chi connectivity index (χ3v) is 5.47. The van der Waals surface area contributed by atoms with Gasteiger partial charge in [-0.05, 0) is 31.9 Å². The van der Waals surface area contributed by atoms with Crippen molar-refractivity contribution in [3.05, 3.63) is 71.8 Å². The molecular weight excluding hydrogens is 452 g/mol. The molecular formula is C27H34O8. The summed E-state index contributed by atoms with van der Waals surface area (Å²) >= 11 is 0. The predicted octanol–water partition coefficient (Wildman–Crippen LogP) is 3.40. The summed E-state index contributed by atoms with van der Waals surface area (Å²) < 4.78 is 29.0. The Morgan fingerprint density at radius 1 is 0.857 bits per heavy atom. The summed E-state index contributed by atoms with van der Waals surface area (Å²) in [7, 11) is 0. The molecule has 2 aromatic rings. The molecule has 190 valence electrons. The van der Waals surface area contributed by atoms with Crippen molar-refractivity contribution in [2.24, 2.45) is 5.41 Å². The largest absolute Gasteiger partial charge is 0.462 e. The van der Waals surface area contributed by atoms with Crippen molar-refractivity contribution in [2.75, 3.05) is 6.61 Å². The van der Waals surface area contributed by atoms with E-state index in [1.807, 2.05) is 60.7 Å². The topological polar surface area (TPSA) is 101 Å². The van der Waals surface area contributed by atoms with Crippen LogP contribution < -0.4 is 0 Å². The summed E-state index contributed by atoms with van der Waals surface area (Å²) in [5.74, 6) is -0.986. The normalized spacial score (nSPS) is 24.5. The van der Waals surface area contributed by atoms with Crippen LogP contribution in [0.15, 0.2) is 60.7 Å². The van der Waals surface area contributed by atoms with E-state index in [1.54, 1.807) is 20.8 Å². The number of hydrogen-bond donors (Lipinski definition) is 1. The molecule has 1 aliphatic rings. The highest BCUT2D eigenvalue weighted by Crippen LogP contribution is 2.30. The fourth-order valence-corrected chi connectivity index (χ4v) is 3.64. The molecule has 35 heavy (non-hydrogen) atoms. The van der Waals surface area contributed by atoms with E-state index in [2.05, 4.69) is 0 Å². The monoisotopic (exact) mass is 486 g/mol. The SMILES string of the molecule is CC(=O)O[C@@H]1[C@@H](OCc2ccccc2)[C@H](O)O[C@H](COC(=O)C(C)(C)C)[C@@H]1OCc1ccccc1. The molecule has 0 spiro atoms. The van der Waals surface area contributed by atoms with Crippen molar-refractivity contribution in [3.8, 4) is 0 Å². The van der Waals surface area contributed by atoms with Gasteiger partial charge in [0, 0.05) is 6.92 Å². The molecule has 1 fully saturated rings. The number of carbonyl (C=O) groups excluding carboxylic acids is 2. The van der Waals surface area contributed by atoms with Crippen molar-refractivity contribution < 1.29 is 38.4 Å². The molecule has 2 aromatic carbocycles. The molecule has 0 unspecified atom stereocenters. The summed E-state index contributed by atoms with van der Waals surface area (Å²) in [6.07, 6.45) is -5.20. The lowest BCUT2D eigenvalue weighted by molar-refractivity contribution is -0.309. The second-order valence-corrected chi connectivity index (χ2v) is 9.51. The van der Waals surface area contributed by atoms with E-state index < -0.39 is 48.1 Å². The first-order valence-corrected chi connectivity index (χ1v) is 11.6. The Hall–Kier alpha value is -2.78. The van der Waals surface area contributed by atoms with Crippen LogP contribution in [0.5, 0.6) is 0 Å². The summed E-state index contributed by atoms with van der Waals surface area (Å²) in [6, 6.07) is 18.9. The zero-order chi connectivity index (χ0) is 25.4. The minimum absolute atomic E-state index is 0.165. The average molecular weight is 487 g/mol. The smallest absolute Gasteiger partial charge is 0.311 e. The molecule has 1 aliphatic heterocycles. The van der Waals surface area contributed by atoms with Gasteiger partial charge in [0.15, 0.2) is 12.4 Å². The molecule has 0 bridgehead atoms. The predicted molar refractivity (Wildman–Crippen MR) is 127 cm³/mol. The number of aliphatic hydroxyl groups is 1. The van der Waals surface area contributed by atoms with Crippen molar-refractivity contribution in [1.82, 2.24) is 0 Å². The Bertz CT molecular complexity index is 941. The molecule has 0 saturated carbocycles. The molecule has 0 aromatic heterocycles. The van der Waals surface area contributed by atoms with Gasteiger partial charge >= 0.3 is 11.9 Å². The van der Waals surface area contributed by atoms with Gasteiger partial charge < -0.3 is 28.8 Å². The first-order chi connectivity index (χ1) is 16.6. The quantitative estimate of drug-likeness (QED) is 0.539. The molecule has 8 heteroatoms. The van der Waals surface area contributed by atoms with Gasteiger partial charge in [-0.15, -0.1) is 0 Å². The van der Waals surface area contributed by atoms with Gasteiger partial charge in [-0.25, -0.2) is 0 Å². The Labute approximate surface area is 206 Å². The fraction of sp³-hybridized carbons (Fsp3) is 0.481. The Morgan fingerprint density at radius 2 is 1.37 bits per heavy atom. The third-order valence-electron chi connectivity index (χ3n) is 5.47. The van der Waals surface area contributed by atoms with Crippen LogP contribution in [-0.2, 0) is 46.5 Å². The minimum Gasteiger partial charge on any atom is -0.462 e. The molecule has 0 radical (unpaired) electrons. The summed E-state index contributed by atoms with van der Waals surface area (Å²) in [5, 5.41) is 10.8. The zero-order valence-electron chi connectivity index (χ0n) is 20.6. The number of rotatable bonds is 9. The second kappa shape index (κ2) is 12.3. The maximum atomic E-state index is 12.4. The van der Waals surface area contributed by atoms with Gasteiger partial charge in [0.1, 0.15) is 24.9 Å². The second-order valence-electron chi connectivity index (χ2n) is 9.51. The van der Waals surface area contributed by atoms with E-state index in [0.717, 1.165) is 11.1 Å². The van der Waals surface area contributed by atoms with Crippen LogP contribution >= 0.6 is 0 Å². The first-order valence-electron chi connectivity index (χ1n) is 11.6. The van der Waals surface area contributed by atoms with Crippen molar-refractivity contribution >= 4 is 11.9 Å².